The van der Waals surface area contributed by atoms with Crippen LogP contribution in [0.3, 0.4) is 0 Å². The zero-order valence-corrected chi connectivity index (χ0v) is 10.4. The standard InChI is InChI=1S/C12H20N2O3/c1-5-7-9(10(15)17-4)14-11(16)12(3,13)8-6-2/h5-6,9H,1-2,7-8,13H2,3-4H3,(H,14,16)/t9-,12+/m0/s1. The molecular weight excluding hydrogens is 220 g/mol. The molecule has 0 radical (unpaired) electrons. The van der Waals surface area contributed by atoms with Gasteiger partial charge in [-0.15, -0.1) is 13.2 Å². The molecule has 0 aliphatic carbocycles. The summed E-state index contributed by atoms with van der Waals surface area (Å²) in [5, 5.41) is 2.54. The molecule has 2 atom stereocenters. The van der Waals surface area contributed by atoms with Gasteiger partial charge in [0.15, 0.2) is 0 Å². The Kier molecular flexibility index (Phi) is 6.20. The van der Waals surface area contributed by atoms with Crippen LogP contribution >= 0.6 is 0 Å². The van der Waals surface area contributed by atoms with Crippen LogP contribution in [0.4, 0.5) is 0 Å². The number of esters is 1. The number of methoxy groups -OCH3 is 1. The molecule has 96 valence electrons. The van der Waals surface area contributed by atoms with Crippen molar-refractivity contribution < 1.29 is 14.3 Å². The third kappa shape index (κ3) is 4.82. The van der Waals surface area contributed by atoms with Gasteiger partial charge in [0.25, 0.3) is 0 Å². The fourth-order valence-electron chi connectivity index (χ4n) is 1.24. The van der Waals surface area contributed by atoms with Crippen LogP contribution in [0, 0.1) is 0 Å². The Morgan fingerprint density at radius 1 is 1.47 bits per heavy atom. The number of hydrogen-bond donors (Lipinski definition) is 2. The minimum atomic E-state index is -1.09. The fourth-order valence-corrected chi connectivity index (χ4v) is 1.24. The molecule has 5 heteroatoms. The normalized spacial score (nSPS) is 15.2. The molecule has 0 aliphatic heterocycles. The van der Waals surface area contributed by atoms with Crippen molar-refractivity contribution in [1.29, 1.82) is 0 Å². The van der Waals surface area contributed by atoms with Crippen LogP contribution in [0.15, 0.2) is 25.3 Å². The summed E-state index contributed by atoms with van der Waals surface area (Å²) >= 11 is 0. The summed E-state index contributed by atoms with van der Waals surface area (Å²) in [5.41, 5.74) is 4.71. The molecule has 5 nitrogen and oxygen atoms in total. The van der Waals surface area contributed by atoms with Gasteiger partial charge >= 0.3 is 5.97 Å². The summed E-state index contributed by atoms with van der Waals surface area (Å²) < 4.78 is 4.58. The number of carbonyl (C=O) groups is 2. The minimum Gasteiger partial charge on any atom is -0.467 e. The number of amides is 1. The highest BCUT2D eigenvalue weighted by atomic mass is 16.5. The highest BCUT2D eigenvalue weighted by Gasteiger charge is 2.30. The van der Waals surface area contributed by atoms with Crippen molar-refractivity contribution in [2.45, 2.75) is 31.3 Å². The van der Waals surface area contributed by atoms with E-state index in [9.17, 15) is 9.59 Å². The Morgan fingerprint density at radius 3 is 2.47 bits per heavy atom. The molecule has 0 bridgehead atoms. The molecule has 0 saturated heterocycles. The summed E-state index contributed by atoms with van der Waals surface area (Å²) in [6.07, 6.45) is 3.70. The van der Waals surface area contributed by atoms with Crippen molar-refractivity contribution in [2.24, 2.45) is 5.73 Å². The van der Waals surface area contributed by atoms with E-state index in [2.05, 4.69) is 23.2 Å². The first kappa shape index (κ1) is 15.4. The maximum Gasteiger partial charge on any atom is 0.328 e. The van der Waals surface area contributed by atoms with E-state index < -0.39 is 23.5 Å². The zero-order chi connectivity index (χ0) is 13.5. The number of ether oxygens (including phenoxy) is 1. The number of rotatable bonds is 7. The summed E-state index contributed by atoms with van der Waals surface area (Å²) in [4.78, 5) is 23.2. The van der Waals surface area contributed by atoms with Gasteiger partial charge in [0.05, 0.1) is 12.6 Å². The lowest BCUT2D eigenvalue weighted by Crippen LogP contribution is -2.55. The zero-order valence-electron chi connectivity index (χ0n) is 10.4. The molecule has 0 saturated carbocycles. The van der Waals surface area contributed by atoms with E-state index >= 15 is 0 Å². The Bertz CT molecular complexity index is 311. The van der Waals surface area contributed by atoms with Gasteiger partial charge in [0.2, 0.25) is 5.91 Å². The van der Waals surface area contributed by atoms with Gasteiger partial charge < -0.3 is 15.8 Å². The molecule has 0 rings (SSSR count). The molecule has 0 heterocycles. The average Bonchev–Trinajstić information content (AvgIpc) is 2.27. The van der Waals surface area contributed by atoms with Crippen LogP contribution in [0.1, 0.15) is 19.8 Å². The number of nitrogens with two attached hydrogens (primary N) is 1. The van der Waals surface area contributed by atoms with Gasteiger partial charge in [-0.3, -0.25) is 4.79 Å². The maximum absolute atomic E-state index is 11.8. The Hall–Kier alpha value is -1.62. The number of nitrogens with one attached hydrogen (secondary N) is 1. The van der Waals surface area contributed by atoms with Gasteiger partial charge in [-0.1, -0.05) is 12.2 Å². The second-order valence-electron chi connectivity index (χ2n) is 3.98. The van der Waals surface area contributed by atoms with Crippen LogP contribution in [0.2, 0.25) is 0 Å². The van der Waals surface area contributed by atoms with Gasteiger partial charge in [-0.05, 0) is 19.8 Å². The van der Waals surface area contributed by atoms with Gasteiger partial charge in [0.1, 0.15) is 6.04 Å². The van der Waals surface area contributed by atoms with E-state index in [-0.39, 0.29) is 0 Å². The Morgan fingerprint density at radius 2 is 2.06 bits per heavy atom. The largest absolute Gasteiger partial charge is 0.467 e. The molecule has 17 heavy (non-hydrogen) atoms. The lowest BCUT2D eigenvalue weighted by atomic mass is 9.97. The predicted octanol–water partition coefficient (Wildman–Crippen LogP) is 0.514. The van der Waals surface area contributed by atoms with Crippen LogP contribution in [0.5, 0.6) is 0 Å². The summed E-state index contributed by atoms with van der Waals surface area (Å²) in [6.45, 7) is 8.62. The third-order valence-corrected chi connectivity index (χ3v) is 2.28. The van der Waals surface area contributed by atoms with Gasteiger partial charge in [-0.25, -0.2) is 4.79 Å². The van der Waals surface area contributed by atoms with Crippen molar-refractivity contribution in [3.8, 4) is 0 Å². The molecular formula is C12H20N2O3. The van der Waals surface area contributed by atoms with E-state index in [0.717, 1.165) is 0 Å². The summed E-state index contributed by atoms with van der Waals surface area (Å²) in [5.74, 6) is -0.942. The van der Waals surface area contributed by atoms with E-state index in [1.165, 1.54) is 13.2 Å². The quantitative estimate of drug-likeness (QED) is 0.502. The van der Waals surface area contributed by atoms with Crippen LogP contribution in [0.25, 0.3) is 0 Å². The number of carbonyl (C=O) groups excluding carboxylic acids is 2. The average molecular weight is 240 g/mol. The Balaban J connectivity index is 4.65. The van der Waals surface area contributed by atoms with Crippen molar-refractivity contribution in [3.05, 3.63) is 25.3 Å². The van der Waals surface area contributed by atoms with Gasteiger partial charge in [-0.2, -0.15) is 0 Å². The molecule has 0 spiro atoms. The first-order chi connectivity index (χ1) is 7.88. The number of hydrogen-bond acceptors (Lipinski definition) is 4. The molecule has 0 aliphatic rings. The first-order valence-electron chi connectivity index (χ1n) is 5.28. The lowest BCUT2D eigenvalue weighted by Gasteiger charge is -2.24. The van der Waals surface area contributed by atoms with Crippen molar-refractivity contribution in [3.63, 3.8) is 0 Å². The van der Waals surface area contributed by atoms with Crippen LogP contribution < -0.4 is 11.1 Å². The van der Waals surface area contributed by atoms with Crippen LogP contribution in [-0.4, -0.2) is 30.6 Å². The summed E-state index contributed by atoms with van der Waals surface area (Å²) in [6, 6.07) is -0.752. The van der Waals surface area contributed by atoms with E-state index in [1.54, 1.807) is 13.0 Å². The molecule has 0 unspecified atom stereocenters. The second-order valence-corrected chi connectivity index (χ2v) is 3.98. The van der Waals surface area contributed by atoms with E-state index in [1.807, 2.05) is 0 Å². The highest BCUT2D eigenvalue weighted by molar-refractivity contribution is 5.90. The maximum atomic E-state index is 11.8. The first-order valence-corrected chi connectivity index (χ1v) is 5.28. The Labute approximate surface area is 102 Å². The van der Waals surface area contributed by atoms with Crippen molar-refractivity contribution in [2.75, 3.05) is 7.11 Å². The van der Waals surface area contributed by atoms with Gasteiger partial charge in [0, 0.05) is 0 Å². The van der Waals surface area contributed by atoms with E-state index in [4.69, 9.17) is 5.73 Å². The highest BCUT2D eigenvalue weighted by Crippen LogP contribution is 2.08. The SMILES string of the molecule is C=CC[C@H](NC(=O)[C@](C)(N)CC=C)C(=O)OC. The fraction of sp³-hybridized carbons (Fsp3) is 0.500. The smallest absolute Gasteiger partial charge is 0.328 e. The van der Waals surface area contributed by atoms with E-state index in [0.29, 0.717) is 12.8 Å². The molecule has 0 aromatic rings. The van der Waals surface area contributed by atoms with Crippen LogP contribution in [-0.2, 0) is 14.3 Å². The topological polar surface area (TPSA) is 81.4 Å². The lowest BCUT2D eigenvalue weighted by molar-refractivity contribution is -0.145. The second kappa shape index (κ2) is 6.85. The monoisotopic (exact) mass is 240 g/mol. The van der Waals surface area contributed by atoms with Crippen molar-refractivity contribution in [1.82, 2.24) is 5.32 Å². The minimum absolute atomic E-state index is 0.294. The predicted molar refractivity (Wildman–Crippen MR) is 66.2 cm³/mol. The molecule has 3 N–H and O–H groups in total. The molecule has 0 aromatic heterocycles. The molecule has 0 aromatic carbocycles. The third-order valence-electron chi connectivity index (χ3n) is 2.28. The molecule has 0 fully saturated rings. The van der Waals surface area contributed by atoms with Crippen molar-refractivity contribution >= 4 is 11.9 Å². The summed E-state index contributed by atoms with van der Waals surface area (Å²) in [7, 11) is 1.26. The molecule has 1 amide bonds.